The molecule has 7 aromatic rings. The fraction of sp³-hybridized carbons (Fsp3) is 0. The maximum Gasteiger partial charge on any atom is 0.160 e. The van der Waals surface area contributed by atoms with E-state index in [1.54, 1.807) is 0 Å². The van der Waals surface area contributed by atoms with Crippen molar-refractivity contribution >= 4 is 10.8 Å². The molecule has 188 valence electrons. The molecule has 0 bridgehead atoms. The Morgan fingerprint density at radius 3 is 1.60 bits per heavy atom. The van der Waals surface area contributed by atoms with Gasteiger partial charge in [0, 0.05) is 34.6 Å². The molecule has 0 atom stereocenters. The topological polar surface area (TPSA) is 38.7 Å². The maximum absolute atomic E-state index is 5.03. The van der Waals surface area contributed by atoms with Gasteiger partial charge in [0.2, 0.25) is 0 Å². The van der Waals surface area contributed by atoms with Gasteiger partial charge in [0.15, 0.2) is 5.82 Å². The zero-order valence-electron chi connectivity index (χ0n) is 21.8. The molecule has 0 unspecified atom stereocenters. The SMILES string of the molecule is c1ccc(-c2cc(-c3cccc(-c4ccc(-c5cccnc5)c5ccccc45)c3)nc(-c3ccccc3)n2)cc1. The van der Waals surface area contributed by atoms with Gasteiger partial charge in [0.25, 0.3) is 0 Å². The lowest BCUT2D eigenvalue weighted by Gasteiger charge is -2.13. The number of hydrogen-bond acceptors (Lipinski definition) is 3. The van der Waals surface area contributed by atoms with Crippen LogP contribution in [0.5, 0.6) is 0 Å². The maximum atomic E-state index is 5.03. The minimum Gasteiger partial charge on any atom is -0.264 e. The fourth-order valence-corrected chi connectivity index (χ4v) is 5.24. The van der Waals surface area contributed by atoms with Gasteiger partial charge < -0.3 is 0 Å². The van der Waals surface area contributed by atoms with Crippen LogP contribution in [0.4, 0.5) is 0 Å². The van der Waals surface area contributed by atoms with Crippen molar-refractivity contribution in [1.82, 2.24) is 15.0 Å². The van der Waals surface area contributed by atoms with Crippen LogP contribution in [0.1, 0.15) is 0 Å². The lowest BCUT2D eigenvalue weighted by Crippen LogP contribution is -1.96. The second-order valence-corrected chi connectivity index (χ2v) is 9.72. The molecule has 7 rings (SSSR count). The van der Waals surface area contributed by atoms with Gasteiger partial charge >= 0.3 is 0 Å². The zero-order valence-corrected chi connectivity index (χ0v) is 21.8. The highest BCUT2D eigenvalue weighted by molar-refractivity contribution is 6.05. The highest BCUT2D eigenvalue weighted by Crippen LogP contribution is 2.37. The molecule has 0 amide bonds. The van der Waals surface area contributed by atoms with Gasteiger partial charge in [0.1, 0.15) is 0 Å². The number of hydrogen-bond donors (Lipinski definition) is 0. The van der Waals surface area contributed by atoms with Gasteiger partial charge in [-0.3, -0.25) is 4.98 Å². The summed E-state index contributed by atoms with van der Waals surface area (Å²) in [6, 6.07) is 48.3. The number of benzene rings is 5. The normalized spacial score (nSPS) is 11.0. The van der Waals surface area contributed by atoms with Crippen LogP contribution in [0.2, 0.25) is 0 Å². The van der Waals surface area contributed by atoms with Crippen molar-refractivity contribution < 1.29 is 0 Å². The summed E-state index contributed by atoms with van der Waals surface area (Å²) in [6.07, 6.45) is 3.73. The third kappa shape index (κ3) is 4.55. The van der Waals surface area contributed by atoms with Crippen LogP contribution in [0.3, 0.4) is 0 Å². The molecule has 5 aromatic carbocycles. The molecule has 40 heavy (non-hydrogen) atoms. The first-order chi connectivity index (χ1) is 19.8. The van der Waals surface area contributed by atoms with Crippen LogP contribution in [0.25, 0.3) is 66.9 Å². The minimum absolute atomic E-state index is 0.716. The number of nitrogens with zero attached hydrogens (tertiary/aromatic N) is 3. The molecule has 0 spiro atoms. The molecule has 3 heteroatoms. The van der Waals surface area contributed by atoms with E-state index < -0.39 is 0 Å². The van der Waals surface area contributed by atoms with Crippen LogP contribution >= 0.6 is 0 Å². The summed E-state index contributed by atoms with van der Waals surface area (Å²) < 4.78 is 0. The van der Waals surface area contributed by atoms with Gasteiger partial charge in [0.05, 0.1) is 11.4 Å². The van der Waals surface area contributed by atoms with Gasteiger partial charge in [-0.1, -0.05) is 121 Å². The van der Waals surface area contributed by atoms with Gasteiger partial charge in [-0.05, 0) is 45.7 Å². The van der Waals surface area contributed by atoms with Crippen molar-refractivity contribution in [3.63, 3.8) is 0 Å². The molecule has 0 radical (unpaired) electrons. The van der Waals surface area contributed by atoms with Gasteiger partial charge in [-0.15, -0.1) is 0 Å². The van der Waals surface area contributed by atoms with E-state index in [4.69, 9.17) is 9.97 Å². The molecule has 0 saturated carbocycles. The molecule has 0 fully saturated rings. The Morgan fingerprint density at radius 1 is 0.375 bits per heavy atom. The van der Waals surface area contributed by atoms with Crippen molar-refractivity contribution in [3.8, 4) is 56.2 Å². The first-order valence-electron chi connectivity index (χ1n) is 13.4. The number of rotatable bonds is 5. The Bertz CT molecular complexity index is 1870. The summed E-state index contributed by atoms with van der Waals surface area (Å²) >= 11 is 0. The second kappa shape index (κ2) is 10.4. The Labute approximate surface area is 233 Å². The van der Waals surface area contributed by atoms with Gasteiger partial charge in [-0.2, -0.15) is 0 Å². The van der Waals surface area contributed by atoms with Crippen LogP contribution in [-0.2, 0) is 0 Å². The molecule has 0 aliphatic heterocycles. The van der Waals surface area contributed by atoms with Crippen molar-refractivity contribution in [3.05, 3.63) is 152 Å². The van der Waals surface area contributed by atoms with E-state index in [-0.39, 0.29) is 0 Å². The van der Waals surface area contributed by atoms with Crippen molar-refractivity contribution in [2.75, 3.05) is 0 Å². The van der Waals surface area contributed by atoms with E-state index >= 15 is 0 Å². The van der Waals surface area contributed by atoms with Crippen molar-refractivity contribution in [2.24, 2.45) is 0 Å². The molecular formula is C37H25N3. The number of aromatic nitrogens is 3. The van der Waals surface area contributed by atoms with Crippen LogP contribution in [0, 0.1) is 0 Å². The van der Waals surface area contributed by atoms with Crippen LogP contribution < -0.4 is 0 Å². The highest BCUT2D eigenvalue weighted by Gasteiger charge is 2.13. The van der Waals surface area contributed by atoms with E-state index in [1.165, 1.54) is 21.9 Å². The molecule has 2 aromatic heterocycles. The first kappa shape index (κ1) is 23.7. The third-order valence-electron chi connectivity index (χ3n) is 7.19. The predicted octanol–water partition coefficient (Wildman–Crippen LogP) is 9.36. The molecule has 0 aliphatic rings. The summed E-state index contributed by atoms with van der Waals surface area (Å²) in [4.78, 5) is 14.3. The summed E-state index contributed by atoms with van der Waals surface area (Å²) in [5.41, 5.74) is 9.53. The van der Waals surface area contributed by atoms with E-state index in [0.29, 0.717) is 5.82 Å². The lowest BCUT2D eigenvalue weighted by atomic mass is 9.92. The Morgan fingerprint density at radius 2 is 0.925 bits per heavy atom. The zero-order chi connectivity index (χ0) is 26.7. The highest BCUT2D eigenvalue weighted by atomic mass is 14.9. The Kier molecular flexibility index (Phi) is 6.15. The van der Waals surface area contributed by atoms with E-state index in [2.05, 4.69) is 102 Å². The van der Waals surface area contributed by atoms with Crippen molar-refractivity contribution in [1.29, 1.82) is 0 Å². The average Bonchev–Trinajstić information content (AvgIpc) is 3.05. The summed E-state index contributed by atoms with van der Waals surface area (Å²) in [7, 11) is 0. The quantitative estimate of drug-likeness (QED) is 0.231. The molecule has 2 heterocycles. The van der Waals surface area contributed by atoms with Gasteiger partial charge in [-0.25, -0.2) is 9.97 Å². The van der Waals surface area contributed by atoms with Crippen LogP contribution in [0.15, 0.2) is 152 Å². The van der Waals surface area contributed by atoms with Crippen molar-refractivity contribution in [2.45, 2.75) is 0 Å². The van der Waals surface area contributed by atoms with Crippen LogP contribution in [-0.4, -0.2) is 15.0 Å². The average molecular weight is 512 g/mol. The number of fused-ring (bicyclic) bond motifs is 1. The van der Waals surface area contributed by atoms with E-state index in [9.17, 15) is 0 Å². The van der Waals surface area contributed by atoms with E-state index in [1.807, 2.05) is 54.9 Å². The standard InChI is InChI=1S/C37H25N3/c1-3-11-26(12-4-1)35-24-36(40-37(39-35)27-13-5-2-6-14-27)29-16-9-15-28(23-29)31-20-21-32(30-17-10-22-38-25-30)34-19-8-7-18-33(31)34/h1-25H. The molecule has 0 saturated heterocycles. The second-order valence-electron chi connectivity index (χ2n) is 9.72. The largest absolute Gasteiger partial charge is 0.264 e. The molecule has 0 aliphatic carbocycles. The minimum atomic E-state index is 0.716. The summed E-state index contributed by atoms with van der Waals surface area (Å²) in [6.45, 7) is 0. The molecule has 0 N–H and O–H groups in total. The molecule has 3 nitrogen and oxygen atoms in total. The number of pyridine rings is 1. The first-order valence-corrected chi connectivity index (χ1v) is 13.4. The lowest BCUT2D eigenvalue weighted by molar-refractivity contribution is 1.18. The van der Waals surface area contributed by atoms with E-state index in [0.717, 1.165) is 39.2 Å². The molecular weight excluding hydrogens is 486 g/mol. The predicted molar refractivity (Wildman–Crippen MR) is 165 cm³/mol. The third-order valence-corrected chi connectivity index (χ3v) is 7.19. The monoisotopic (exact) mass is 511 g/mol. The fourth-order valence-electron chi connectivity index (χ4n) is 5.24. The summed E-state index contributed by atoms with van der Waals surface area (Å²) in [5, 5.41) is 2.41. The smallest absolute Gasteiger partial charge is 0.160 e. The Hall–Kier alpha value is -5.41. The Balaban J connectivity index is 1.37. The summed E-state index contributed by atoms with van der Waals surface area (Å²) in [5.74, 6) is 0.716.